The van der Waals surface area contributed by atoms with Gasteiger partial charge in [-0.2, -0.15) is 0 Å². The summed E-state index contributed by atoms with van der Waals surface area (Å²) in [5.41, 5.74) is 8.80. The molecule has 1 aliphatic heterocycles. The van der Waals surface area contributed by atoms with E-state index in [2.05, 4.69) is 11.4 Å². The summed E-state index contributed by atoms with van der Waals surface area (Å²) in [4.78, 5) is 0. The van der Waals surface area contributed by atoms with Gasteiger partial charge in [0.15, 0.2) is 0 Å². The van der Waals surface area contributed by atoms with E-state index in [4.69, 9.17) is 15.2 Å². The van der Waals surface area contributed by atoms with E-state index in [-0.39, 0.29) is 6.10 Å². The summed E-state index contributed by atoms with van der Waals surface area (Å²) in [5, 5.41) is 3.33. The molecule has 0 fully saturated rings. The Labute approximate surface area is 118 Å². The van der Waals surface area contributed by atoms with Crippen molar-refractivity contribution >= 4 is 11.4 Å². The molecule has 20 heavy (non-hydrogen) atoms. The molecular formula is C16H18N2O2. The number of rotatable bonds is 4. The molecule has 3 N–H and O–H groups in total. The summed E-state index contributed by atoms with van der Waals surface area (Å²) in [6.45, 7) is 0.714. The fourth-order valence-electron chi connectivity index (χ4n) is 2.41. The largest absolute Gasteiger partial charge is 0.497 e. The number of hydrogen-bond donors (Lipinski definition) is 2. The molecule has 3 rings (SSSR count). The van der Waals surface area contributed by atoms with Gasteiger partial charge < -0.3 is 20.5 Å². The number of ether oxygens (including phenoxy) is 2. The minimum absolute atomic E-state index is 0.137. The molecule has 1 unspecified atom stereocenters. The van der Waals surface area contributed by atoms with Crippen molar-refractivity contribution in [1.29, 1.82) is 0 Å². The van der Waals surface area contributed by atoms with Crippen molar-refractivity contribution in [3.05, 3.63) is 48.0 Å². The van der Waals surface area contributed by atoms with E-state index in [1.807, 2.05) is 36.4 Å². The molecular weight excluding hydrogens is 252 g/mol. The van der Waals surface area contributed by atoms with Gasteiger partial charge in [0.1, 0.15) is 17.6 Å². The van der Waals surface area contributed by atoms with Gasteiger partial charge in [0.2, 0.25) is 0 Å². The second-order valence-corrected chi connectivity index (χ2v) is 4.89. The van der Waals surface area contributed by atoms with E-state index in [0.717, 1.165) is 23.6 Å². The molecule has 0 amide bonds. The van der Waals surface area contributed by atoms with Crippen molar-refractivity contribution in [3.63, 3.8) is 0 Å². The highest BCUT2D eigenvalue weighted by Crippen LogP contribution is 2.29. The zero-order chi connectivity index (χ0) is 13.9. The monoisotopic (exact) mass is 270 g/mol. The lowest BCUT2D eigenvalue weighted by Crippen LogP contribution is -2.24. The fraction of sp³-hybridized carbons (Fsp3) is 0.250. The number of fused-ring (bicyclic) bond motifs is 1. The highest BCUT2D eigenvalue weighted by Gasteiger charge is 2.22. The highest BCUT2D eigenvalue weighted by molar-refractivity contribution is 5.68. The number of benzene rings is 2. The Bertz CT molecular complexity index is 588. The van der Waals surface area contributed by atoms with Gasteiger partial charge in [0.25, 0.3) is 0 Å². The van der Waals surface area contributed by atoms with Crippen molar-refractivity contribution < 1.29 is 9.47 Å². The van der Waals surface area contributed by atoms with Crippen LogP contribution in [0.3, 0.4) is 0 Å². The Kier molecular flexibility index (Phi) is 3.37. The van der Waals surface area contributed by atoms with Gasteiger partial charge in [-0.25, -0.2) is 0 Å². The molecule has 0 spiro atoms. The highest BCUT2D eigenvalue weighted by atomic mass is 16.5. The summed E-state index contributed by atoms with van der Waals surface area (Å²) < 4.78 is 11.1. The van der Waals surface area contributed by atoms with Crippen LogP contribution in [0.4, 0.5) is 11.4 Å². The zero-order valence-corrected chi connectivity index (χ0v) is 11.4. The van der Waals surface area contributed by atoms with Crippen LogP contribution in [-0.2, 0) is 6.42 Å². The summed E-state index contributed by atoms with van der Waals surface area (Å²) in [6, 6.07) is 13.7. The quantitative estimate of drug-likeness (QED) is 0.839. The Balaban J connectivity index is 1.64. The van der Waals surface area contributed by atoms with Crippen LogP contribution < -0.4 is 20.5 Å². The standard InChI is InChI=1S/C16H18N2O2/c1-19-12-6-7-14(17)15(9-12)18-10-13-8-11-4-2-3-5-16(11)20-13/h2-7,9,13,18H,8,10,17H2,1H3. The summed E-state index contributed by atoms with van der Waals surface area (Å²) in [6.07, 6.45) is 1.06. The van der Waals surface area contributed by atoms with E-state index in [1.165, 1.54) is 5.56 Å². The normalized spacial score (nSPS) is 16.4. The van der Waals surface area contributed by atoms with Crippen LogP contribution in [0.1, 0.15) is 5.56 Å². The molecule has 0 aliphatic carbocycles. The van der Waals surface area contributed by atoms with Gasteiger partial charge in [0, 0.05) is 12.5 Å². The number of methoxy groups -OCH3 is 1. The summed E-state index contributed by atoms with van der Waals surface area (Å²) in [7, 11) is 1.64. The maximum absolute atomic E-state index is 5.95. The Hall–Kier alpha value is -2.36. The molecule has 104 valence electrons. The Morgan fingerprint density at radius 1 is 1.30 bits per heavy atom. The van der Waals surface area contributed by atoms with Crippen molar-refractivity contribution in [2.45, 2.75) is 12.5 Å². The van der Waals surface area contributed by atoms with Crippen LogP contribution in [0.25, 0.3) is 0 Å². The van der Waals surface area contributed by atoms with E-state index >= 15 is 0 Å². The van der Waals surface area contributed by atoms with Crippen LogP contribution in [0.5, 0.6) is 11.5 Å². The van der Waals surface area contributed by atoms with Crippen LogP contribution in [0.2, 0.25) is 0 Å². The molecule has 4 nitrogen and oxygen atoms in total. The second-order valence-electron chi connectivity index (χ2n) is 4.89. The van der Waals surface area contributed by atoms with Crippen LogP contribution in [-0.4, -0.2) is 19.8 Å². The maximum atomic E-state index is 5.95. The first-order chi connectivity index (χ1) is 9.76. The maximum Gasteiger partial charge on any atom is 0.123 e. The van der Waals surface area contributed by atoms with Gasteiger partial charge in [-0.1, -0.05) is 18.2 Å². The van der Waals surface area contributed by atoms with Gasteiger partial charge in [-0.3, -0.25) is 0 Å². The van der Waals surface area contributed by atoms with E-state index in [9.17, 15) is 0 Å². The van der Waals surface area contributed by atoms with Gasteiger partial charge in [0.05, 0.1) is 25.0 Å². The van der Waals surface area contributed by atoms with E-state index < -0.39 is 0 Å². The SMILES string of the molecule is COc1ccc(N)c(NCC2Cc3ccccc3O2)c1. The molecule has 4 heteroatoms. The topological polar surface area (TPSA) is 56.5 Å². The Morgan fingerprint density at radius 2 is 2.15 bits per heavy atom. The lowest BCUT2D eigenvalue weighted by molar-refractivity contribution is 0.246. The number of nitrogens with one attached hydrogen (secondary N) is 1. The first-order valence-electron chi connectivity index (χ1n) is 6.68. The third kappa shape index (κ3) is 2.50. The van der Waals surface area contributed by atoms with E-state index in [1.54, 1.807) is 7.11 Å². The number of nitrogen functional groups attached to an aromatic ring is 1. The second kappa shape index (κ2) is 5.33. The molecule has 1 heterocycles. The molecule has 2 aromatic carbocycles. The molecule has 0 bridgehead atoms. The first-order valence-corrected chi connectivity index (χ1v) is 6.68. The van der Waals surface area contributed by atoms with Crippen LogP contribution in [0, 0.1) is 0 Å². The fourth-order valence-corrected chi connectivity index (χ4v) is 2.41. The molecule has 0 saturated heterocycles. The average Bonchev–Trinajstić information content (AvgIpc) is 2.89. The minimum atomic E-state index is 0.137. The number of para-hydroxylation sites is 1. The molecule has 1 atom stereocenters. The molecule has 1 aliphatic rings. The third-order valence-electron chi connectivity index (χ3n) is 3.49. The lowest BCUT2D eigenvalue weighted by atomic mass is 10.1. The molecule has 2 aromatic rings. The first kappa shape index (κ1) is 12.7. The molecule has 0 radical (unpaired) electrons. The minimum Gasteiger partial charge on any atom is -0.497 e. The summed E-state index contributed by atoms with van der Waals surface area (Å²) in [5.74, 6) is 1.77. The van der Waals surface area contributed by atoms with E-state index in [0.29, 0.717) is 12.2 Å². The van der Waals surface area contributed by atoms with Crippen molar-refractivity contribution in [2.24, 2.45) is 0 Å². The zero-order valence-electron chi connectivity index (χ0n) is 11.4. The molecule has 0 aromatic heterocycles. The molecule has 0 saturated carbocycles. The van der Waals surface area contributed by atoms with Crippen molar-refractivity contribution in [1.82, 2.24) is 0 Å². The Morgan fingerprint density at radius 3 is 2.95 bits per heavy atom. The predicted molar refractivity (Wildman–Crippen MR) is 80.5 cm³/mol. The predicted octanol–water partition coefficient (Wildman–Crippen LogP) is 2.69. The number of hydrogen-bond acceptors (Lipinski definition) is 4. The number of anilines is 2. The average molecular weight is 270 g/mol. The van der Waals surface area contributed by atoms with Crippen LogP contribution in [0.15, 0.2) is 42.5 Å². The van der Waals surface area contributed by atoms with Gasteiger partial charge in [-0.05, 0) is 23.8 Å². The lowest BCUT2D eigenvalue weighted by Gasteiger charge is -2.15. The third-order valence-corrected chi connectivity index (χ3v) is 3.49. The smallest absolute Gasteiger partial charge is 0.123 e. The van der Waals surface area contributed by atoms with Crippen LogP contribution >= 0.6 is 0 Å². The number of nitrogens with two attached hydrogens (primary N) is 1. The van der Waals surface area contributed by atoms with Gasteiger partial charge in [-0.15, -0.1) is 0 Å². The van der Waals surface area contributed by atoms with Crippen molar-refractivity contribution in [2.75, 3.05) is 24.7 Å². The van der Waals surface area contributed by atoms with Crippen molar-refractivity contribution in [3.8, 4) is 11.5 Å². The van der Waals surface area contributed by atoms with Gasteiger partial charge >= 0.3 is 0 Å². The summed E-state index contributed by atoms with van der Waals surface area (Å²) >= 11 is 0.